The van der Waals surface area contributed by atoms with E-state index in [9.17, 15) is 4.79 Å². The molecule has 0 radical (unpaired) electrons. The van der Waals surface area contributed by atoms with Crippen molar-refractivity contribution in [3.63, 3.8) is 0 Å². The Balaban J connectivity index is 1.36. The molecule has 2 aliphatic heterocycles. The lowest BCUT2D eigenvalue weighted by atomic mass is 9.81. The molecule has 1 aromatic rings. The first-order valence-electron chi connectivity index (χ1n) is 9.67. The van der Waals surface area contributed by atoms with E-state index in [1.807, 2.05) is 18.2 Å². The molecule has 1 saturated carbocycles. The minimum absolute atomic E-state index is 0.0427. The Kier molecular flexibility index (Phi) is 4.49. The van der Waals surface area contributed by atoms with Crippen LogP contribution in [0.15, 0.2) is 24.3 Å². The molecule has 2 heterocycles. The number of amides is 2. The van der Waals surface area contributed by atoms with Crippen LogP contribution in [0.5, 0.6) is 0 Å². The second kappa shape index (κ2) is 6.75. The van der Waals surface area contributed by atoms with E-state index in [1.54, 1.807) is 0 Å². The van der Waals surface area contributed by atoms with Crippen LogP contribution in [0.3, 0.4) is 0 Å². The van der Waals surface area contributed by atoms with E-state index in [2.05, 4.69) is 28.5 Å². The molecule has 3 aliphatic rings. The highest BCUT2D eigenvalue weighted by atomic mass is 16.2. The number of hydrogen-bond donors (Lipinski definition) is 2. The van der Waals surface area contributed by atoms with Crippen LogP contribution in [0.25, 0.3) is 0 Å². The van der Waals surface area contributed by atoms with Gasteiger partial charge in [0, 0.05) is 29.9 Å². The number of carbonyl (C=O) groups is 1. The summed E-state index contributed by atoms with van der Waals surface area (Å²) >= 11 is 0. The van der Waals surface area contributed by atoms with Crippen LogP contribution in [0.2, 0.25) is 0 Å². The standard InChI is InChI=1S/C20H29N3O/c1-2-14-6-3-4-9-19(14)22-20(24)21-15-12-17-7-5-8-18(13-15)23(17)16-10-11-16/h3-4,6,9,15-18H,2,5,7-8,10-13H2,1H3,(H2,21,22,24)/t15?,17-,18+. The Bertz CT molecular complexity index is 584. The highest BCUT2D eigenvalue weighted by Gasteiger charge is 2.45. The highest BCUT2D eigenvalue weighted by molar-refractivity contribution is 5.90. The quantitative estimate of drug-likeness (QED) is 0.880. The summed E-state index contributed by atoms with van der Waals surface area (Å²) in [5, 5.41) is 6.31. The molecule has 3 atom stereocenters. The average Bonchev–Trinajstić information content (AvgIpc) is 3.39. The van der Waals surface area contributed by atoms with Crippen molar-refractivity contribution in [2.45, 2.75) is 82.5 Å². The summed E-state index contributed by atoms with van der Waals surface area (Å²) < 4.78 is 0. The summed E-state index contributed by atoms with van der Waals surface area (Å²) in [7, 11) is 0. The van der Waals surface area contributed by atoms with Crippen molar-refractivity contribution in [3.05, 3.63) is 29.8 Å². The van der Waals surface area contributed by atoms with Crippen LogP contribution in [-0.4, -0.2) is 35.1 Å². The Labute approximate surface area is 145 Å². The fraction of sp³-hybridized carbons (Fsp3) is 0.650. The lowest BCUT2D eigenvalue weighted by Crippen LogP contribution is -2.58. The molecule has 2 N–H and O–H groups in total. The second-order valence-electron chi connectivity index (χ2n) is 7.69. The molecule has 130 valence electrons. The van der Waals surface area contributed by atoms with Crippen molar-refractivity contribution < 1.29 is 4.79 Å². The van der Waals surface area contributed by atoms with Crippen LogP contribution in [0.4, 0.5) is 10.5 Å². The monoisotopic (exact) mass is 327 g/mol. The van der Waals surface area contributed by atoms with Gasteiger partial charge in [0.05, 0.1) is 0 Å². The van der Waals surface area contributed by atoms with E-state index in [0.717, 1.165) is 31.0 Å². The highest BCUT2D eigenvalue weighted by Crippen LogP contribution is 2.41. The fourth-order valence-electron chi connectivity index (χ4n) is 4.80. The molecule has 0 spiro atoms. The molecule has 2 bridgehead atoms. The van der Waals surface area contributed by atoms with Gasteiger partial charge in [-0.05, 0) is 56.6 Å². The number of nitrogens with zero attached hydrogens (tertiary/aromatic N) is 1. The van der Waals surface area contributed by atoms with E-state index >= 15 is 0 Å². The first-order valence-corrected chi connectivity index (χ1v) is 9.67. The van der Waals surface area contributed by atoms with Crippen LogP contribution >= 0.6 is 0 Å². The predicted octanol–water partition coefficient (Wildman–Crippen LogP) is 3.92. The third-order valence-corrected chi connectivity index (χ3v) is 5.98. The van der Waals surface area contributed by atoms with Crippen molar-refractivity contribution in [2.24, 2.45) is 0 Å². The van der Waals surface area contributed by atoms with Crippen LogP contribution in [-0.2, 0) is 6.42 Å². The molecular weight excluding hydrogens is 298 g/mol. The van der Waals surface area contributed by atoms with Gasteiger partial charge in [-0.1, -0.05) is 31.5 Å². The number of carbonyl (C=O) groups excluding carboxylic acids is 1. The lowest BCUT2D eigenvalue weighted by Gasteiger charge is -2.49. The molecule has 4 heteroatoms. The number of aryl methyl sites for hydroxylation is 1. The summed E-state index contributed by atoms with van der Waals surface area (Å²) in [6.07, 6.45) is 9.93. The Hall–Kier alpha value is -1.55. The smallest absolute Gasteiger partial charge is 0.319 e. The Morgan fingerprint density at radius 3 is 2.46 bits per heavy atom. The van der Waals surface area contributed by atoms with Crippen LogP contribution in [0, 0.1) is 0 Å². The molecule has 2 saturated heterocycles. The van der Waals surface area contributed by atoms with Crippen molar-refractivity contribution in [1.29, 1.82) is 0 Å². The maximum absolute atomic E-state index is 12.5. The number of benzene rings is 1. The number of piperidine rings is 2. The number of hydrogen-bond acceptors (Lipinski definition) is 2. The lowest BCUT2D eigenvalue weighted by molar-refractivity contribution is 0.0198. The zero-order valence-corrected chi connectivity index (χ0v) is 14.6. The molecule has 1 unspecified atom stereocenters. The van der Waals surface area contributed by atoms with Gasteiger partial charge in [-0.15, -0.1) is 0 Å². The van der Waals surface area contributed by atoms with Gasteiger partial charge in [0.2, 0.25) is 0 Å². The van der Waals surface area contributed by atoms with Gasteiger partial charge in [-0.3, -0.25) is 4.90 Å². The summed E-state index contributed by atoms with van der Waals surface area (Å²) in [6.45, 7) is 2.12. The molecule has 24 heavy (non-hydrogen) atoms. The van der Waals surface area contributed by atoms with Gasteiger partial charge < -0.3 is 10.6 Å². The molecule has 1 aliphatic carbocycles. The number of nitrogens with one attached hydrogen (secondary N) is 2. The normalized spacial score (nSPS) is 30.0. The second-order valence-corrected chi connectivity index (χ2v) is 7.69. The zero-order chi connectivity index (χ0) is 16.5. The Morgan fingerprint density at radius 1 is 1.08 bits per heavy atom. The van der Waals surface area contributed by atoms with E-state index in [1.165, 1.54) is 37.7 Å². The van der Waals surface area contributed by atoms with Gasteiger partial charge in [0.1, 0.15) is 0 Å². The van der Waals surface area contributed by atoms with Crippen molar-refractivity contribution >= 4 is 11.7 Å². The van der Waals surface area contributed by atoms with Gasteiger partial charge in [0.25, 0.3) is 0 Å². The minimum atomic E-state index is -0.0427. The summed E-state index contributed by atoms with van der Waals surface area (Å²) in [6, 6.07) is 10.6. The molecule has 4 nitrogen and oxygen atoms in total. The molecule has 2 amide bonds. The van der Waals surface area contributed by atoms with Crippen molar-refractivity contribution in [3.8, 4) is 0 Å². The summed E-state index contributed by atoms with van der Waals surface area (Å²) in [5.74, 6) is 0. The third-order valence-electron chi connectivity index (χ3n) is 5.98. The number of para-hydroxylation sites is 1. The summed E-state index contributed by atoms with van der Waals surface area (Å²) in [5.41, 5.74) is 2.13. The number of rotatable bonds is 4. The Morgan fingerprint density at radius 2 is 1.79 bits per heavy atom. The van der Waals surface area contributed by atoms with Gasteiger partial charge in [-0.25, -0.2) is 4.79 Å². The van der Waals surface area contributed by atoms with Crippen molar-refractivity contribution in [1.82, 2.24) is 10.2 Å². The largest absolute Gasteiger partial charge is 0.335 e. The van der Waals surface area contributed by atoms with E-state index < -0.39 is 0 Å². The van der Waals surface area contributed by atoms with E-state index in [4.69, 9.17) is 0 Å². The zero-order valence-electron chi connectivity index (χ0n) is 14.6. The molecular formula is C20H29N3O. The van der Waals surface area contributed by atoms with E-state index in [-0.39, 0.29) is 6.03 Å². The van der Waals surface area contributed by atoms with Gasteiger partial charge in [0.15, 0.2) is 0 Å². The van der Waals surface area contributed by atoms with Crippen LogP contribution in [0.1, 0.15) is 57.4 Å². The first-order chi connectivity index (χ1) is 11.7. The molecule has 4 rings (SSSR count). The third kappa shape index (κ3) is 3.30. The maximum atomic E-state index is 12.5. The van der Waals surface area contributed by atoms with Crippen molar-refractivity contribution in [2.75, 3.05) is 5.32 Å². The SMILES string of the molecule is CCc1ccccc1NC(=O)NC1C[C@H]2CCC[C@@H](C1)N2C1CC1. The summed E-state index contributed by atoms with van der Waals surface area (Å²) in [4.78, 5) is 15.3. The van der Waals surface area contributed by atoms with Crippen LogP contribution < -0.4 is 10.6 Å². The topological polar surface area (TPSA) is 44.4 Å². The average molecular weight is 327 g/mol. The molecule has 0 aromatic heterocycles. The van der Waals surface area contributed by atoms with Gasteiger partial charge in [-0.2, -0.15) is 0 Å². The maximum Gasteiger partial charge on any atom is 0.319 e. The first kappa shape index (κ1) is 15.9. The number of urea groups is 1. The molecule has 3 fully saturated rings. The number of anilines is 1. The molecule has 1 aromatic carbocycles. The fourth-order valence-corrected chi connectivity index (χ4v) is 4.80. The minimum Gasteiger partial charge on any atom is -0.335 e. The number of fused-ring (bicyclic) bond motifs is 2. The predicted molar refractivity (Wildman–Crippen MR) is 97.3 cm³/mol. The van der Waals surface area contributed by atoms with Gasteiger partial charge >= 0.3 is 6.03 Å². The van der Waals surface area contributed by atoms with E-state index in [0.29, 0.717) is 18.1 Å².